The van der Waals surface area contributed by atoms with Crippen LogP contribution in [0.4, 0.5) is 5.69 Å². The highest BCUT2D eigenvalue weighted by atomic mass is 79.9. The molecular weight excluding hydrogens is 454 g/mol. The van der Waals surface area contributed by atoms with Crippen LogP contribution in [0.1, 0.15) is 0 Å². The Labute approximate surface area is 170 Å². The smallest absolute Gasteiger partial charge is 0.261 e. The topological polar surface area (TPSA) is 122 Å². The SMILES string of the molecule is COc1ccc(NC2=C(Br)C(=O)C3=C(S/C(=C(/C#N)C(N)=O)S3)C2=O)cc1. The molecule has 0 spiro atoms. The number of carbonyl (C=O) groups is 3. The third-order valence-corrected chi connectivity index (χ3v) is 6.93. The second-order valence-corrected chi connectivity index (χ2v) is 8.29. The van der Waals surface area contributed by atoms with Gasteiger partial charge in [0.1, 0.15) is 23.1 Å². The van der Waals surface area contributed by atoms with Crippen molar-refractivity contribution < 1.29 is 19.1 Å². The van der Waals surface area contributed by atoms with Gasteiger partial charge in [0.05, 0.1) is 25.6 Å². The van der Waals surface area contributed by atoms with E-state index in [-0.39, 0.29) is 29.8 Å². The van der Waals surface area contributed by atoms with Gasteiger partial charge in [0, 0.05) is 5.69 Å². The molecule has 1 aromatic carbocycles. The van der Waals surface area contributed by atoms with Crippen molar-refractivity contribution in [3.8, 4) is 11.8 Å². The van der Waals surface area contributed by atoms with Crippen LogP contribution in [0.25, 0.3) is 0 Å². The molecule has 0 aromatic heterocycles. The van der Waals surface area contributed by atoms with E-state index in [2.05, 4.69) is 21.2 Å². The minimum Gasteiger partial charge on any atom is -0.497 e. The fourth-order valence-corrected chi connectivity index (χ4v) is 5.41. The normalized spacial score (nSPS) is 18.3. The van der Waals surface area contributed by atoms with Gasteiger partial charge >= 0.3 is 0 Å². The van der Waals surface area contributed by atoms with Gasteiger partial charge in [-0.25, -0.2) is 0 Å². The number of methoxy groups -OCH3 is 1. The van der Waals surface area contributed by atoms with Gasteiger partial charge in [-0.05, 0) is 40.2 Å². The van der Waals surface area contributed by atoms with Crippen molar-refractivity contribution >= 4 is 62.6 Å². The molecule has 1 aliphatic carbocycles. The molecule has 27 heavy (non-hydrogen) atoms. The number of nitriles is 1. The molecule has 1 amide bonds. The van der Waals surface area contributed by atoms with Crippen LogP contribution >= 0.6 is 39.5 Å². The van der Waals surface area contributed by atoms with Crippen molar-refractivity contribution in [3.05, 3.63) is 54.1 Å². The van der Waals surface area contributed by atoms with Gasteiger partial charge in [-0.1, -0.05) is 23.5 Å². The van der Waals surface area contributed by atoms with Gasteiger partial charge in [-0.3, -0.25) is 14.4 Å². The number of nitrogens with zero attached hydrogens (tertiary/aromatic N) is 1. The van der Waals surface area contributed by atoms with E-state index < -0.39 is 17.5 Å². The summed E-state index contributed by atoms with van der Waals surface area (Å²) in [7, 11) is 1.54. The summed E-state index contributed by atoms with van der Waals surface area (Å²) in [5.41, 5.74) is 5.58. The molecule has 0 saturated carbocycles. The van der Waals surface area contributed by atoms with Crippen LogP contribution < -0.4 is 15.8 Å². The summed E-state index contributed by atoms with van der Waals surface area (Å²) in [5.74, 6) is -1.08. The van der Waals surface area contributed by atoms with Crippen LogP contribution in [0.2, 0.25) is 0 Å². The third-order valence-electron chi connectivity index (χ3n) is 3.58. The number of nitrogens with two attached hydrogens (primary N) is 1. The number of amides is 1. The summed E-state index contributed by atoms with van der Waals surface area (Å²) in [6.45, 7) is 0. The summed E-state index contributed by atoms with van der Waals surface area (Å²) in [4.78, 5) is 37.2. The molecule has 0 fully saturated rings. The van der Waals surface area contributed by atoms with Crippen molar-refractivity contribution in [3.63, 3.8) is 0 Å². The maximum Gasteiger partial charge on any atom is 0.261 e. The van der Waals surface area contributed by atoms with Crippen molar-refractivity contribution in [2.75, 3.05) is 12.4 Å². The minimum absolute atomic E-state index is 0.0778. The zero-order chi connectivity index (χ0) is 19.7. The fraction of sp³-hybridized carbons (Fsp3) is 0.0588. The quantitative estimate of drug-likeness (QED) is 0.396. The molecule has 136 valence electrons. The van der Waals surface area contributed by atoms with E-state index in [9.17, 15) is 14.4 Å². The van der Waals surface area contributed by atoms with Crippen molar-refractivity contribution in [2.24, 2.45) is 5.73 Å². The molecule has 7 nitrogen and oxygen atoms in total. The average Bonchev–Trinajstić information content (AvgIpc) is 3.09. The number of ether oxygens (including phenoxy) is 1. The van der Waals surface area contributed by atoms with Crippen LogP contribution in [0, 0.1) is 11.3 Å². The van der Waals surface area contributed by atoms with Gasteiger partial charge < -0.3 is 15.8 Å². The molecule has 3 rings (SSSR count). The third kappa shape index (κ3) is 3.53. The highest BCUT2D eigenvalue weighted by Crippen LogP contribution is 2.54. The van der Waals surface area contributed by atoms with E-state index in [0.29, 0.717) is 11.4 Å². The predicted octanol–water partition coefficient (Wildman–Crippen LogP) is 2.78. The zero-order valence-corrected chi connectivity index (χ0v) is 16.9. The Balaban J connectivity index is 1.92. The first kappa shape index (κ1) is 19.3. The highest BCUT2D eigenvalue weighted by Gasteiger charge is 2.40. The number of benzene rings is 1. The van der Waals surface area contributed by atoms with Crippen LogP contribution in [0.5, 0.6) is 5.75 Å². The number of hydrogen-bond acceptors (Lipinski definition) is 8. The van der Waals surface area contributed by atoms with Gasteiger partial charge in [0.15, 0.2) is 0 Å². The number of Topliss-reactive ketones (excluding diaryl/α,β-unsaturated/α-hetero) is 2. The molecule has 0 saturated heterocycles. The first-order chi connectivity index (χ1) is 12.9. The Bertz CT molecular complexity index is 1020. The molecule has 0 atom stereocenters. The van der Waals surface area contributed by atoms with Crippen molar-refractivity contribution in [1.82, 2.24) is 0 Å². The van der Waals surface area contributed by atoms with Crippen LogP contribution in [-0.4, -0.2) is 24.6 Å². The molecule has 2 aliphatic rings. The van der Waals surface area contributed by atoms with E-state index in [1.807, 2.05) is 0 Å². The number of nitrogens with one attached hydrogen (secondary N) is 1. The van der Waals surface area contributed by atoms with E-state index in [0.717, 1.165) is 23.5 Å². The van der Waals surface area contributed by atoms with Gasteiger partial charge in [-0.2, -0.15) is 5.26 Å². The fourth-order valence-electron chi connectivity index (χ4n) is 2.26. The Hall–Kier alpha value is -2.48. The van der Waals surface area contributed by atoms with Crippen LogP contribution in [0.3, 0.4) is 0 Å². The maximum absolute atomic E-state index is 12.9. The van der Waals surface area contributed by atoms with Crippen molar-refractivity contribution in [2.45, 2.75) is 0 Å². The first-order valence-corrected chi connectivity index (χ1v) is 9.74. The summed E-state index contributed by atoms with van der Waals surface area (Å²) in [6, 6.07) is 8.55. The number of halogens is 1. The molecule has 1 heterocycles. The Morgan fingerprint density at radius 1 is 1.19 bits per heavy atom. The van der Waals surface area contributed by atoms with Crippen LogP contribution in [-0.2, 0) is 14.4 Å². The number of anilines is 1. The Morgan fingerprint density at radius 3 is 2.30 bits per heavy atom. The second kappa shape index (κ2) is 7.64. The number of carbonyl (C=O) groups excluding carboxylic acids is 3. The van der Waals surface area contributed by atoms with E-state index in [1.54, 1.807) is 37.4 Å². The average molecular weight is 464 g/mol. The molecule has 10 heteroatoms. The molecule has 1 aliphatic heterocycles. The van der Waals surface area contributed by atoms with Crippen molar-refractivity contribution in [1.29, 1.82) is 5.26 Å². The number of rotatable bonds is 4. The number of primary amides is 1. The zero-order valence-electron chi connectivity index (χ0n) is 13.7. The van der Waals surface area contributed by atoms with Gasteiger partial charge in [-0.15, -0.1) is 0 Å². The van der Waals surface area contributed by atoms with E-state index in [1.165, 1.54) is 0 Å². The lowest BCUT2D eigenvalue weighted by molar-refractivity contribution is -0.115. The molecule has 3 N–H and O–H groups in total. The number of allylic oxidation sites excluding steroid dienone is 3. The number of ketones is 2. The van der Waals surface area contributed by atoms with E-state index in [4.69, 9.17) is 15.7 Å². The second-order valence-electron chi connectivity index (χ2n) is 5.20. The maximum atomic E-state index is 12.9. The first-order valence-electron chi connectivity index (χ1n) is 7.31. The standard InChI is InChI=1S/C17H10BrN3O4S2/c1-25-8-4-2-7(3-5-8)21-11-10(18)12(22)14-15(13(11)23)27-17(26-14)9(6-19)16(20)24/h2-5,21H,1H3,(H2,20,24)/b17-9-. The van der Waals surface area contributed by atoms with Gasteiger partial charge in [0.2, 0.25) is 11.6 Å². The highest BCUT2D eigenvalue weighted by molar-refractivity contribution is 9.12. The molecule has 1 aromatic rings. The van der Waals surface area contributed by atoms with Gasteiger partial charge in [0.25, 0.3) is 5.91 Å². The largest absolute Gasteiger partial charge is 0.497 e. The molecule has 0 radical (unpaired) electrons. The summed E-state index contributed by atoms with van der Waals surface area (Å²) < 4.78 is 5.39. The lowest BCUT2D eigenvalue weighted by Gasteiger charge is -2.17. The number of hydrogen-bond donors (Lipinski definition) is 2. The predicted molar refractivity (Wildman–Crippen MR) is 107 cm³/mol. The van der Waals surface area contributed by atoms with E-state index >= 15 is 0 Å². The van der Waals surface area contributed by atoms with Crippen LogP contribution in [0.15, 0.2) is 54.1 Å². The summed E-state index contributed by atoms with van der Waals surface area (Å²) in [6.07, 6.45) is 0. The molecule has 0 bridgehead atoms. The Kier molecular flexibility index (Phi) is 5.46. The molecule has 0 unspecified atom stereocenters. The summed E-state index contributed by atoms with van der Waals surface area (Å²) >= 11 is 4.99. The Morgan fingerprint density at radius 2 is 1.78 bits per heavy atom. The lowest BCUT2D eigenvalue weighted by atomic mass is 10.1. The minimum atomic E-state index is -0.907. The molecular formula is C17H10BrN3O4S2. The lowest BCUT2D eigenvalue weighted by Crippen LogP contribution is -2.22. The summed E-state index contributed by atoms with van der Waals surface area (Å²) in [5, 5.41) is 12.0. The monoisotopic (exact) mass is 463 g/mol. The number of thioether (sulfide) groups is 2.